The van der Waals surface area contributed by atoms with Crippen LogP contribution in [0.3, 0.4) is 0 Å². The second-order valence-electron chi connectivity index (χ2n) is 5.21. The van der Waals surface area contributed by atoms with E-state index in [9.17, 15) is 29.3 Å². The molecule has 0 saturated heterocycles. The van der Waals surface area contributed by atoms with Crippen molar-refractivity contribution < 1.29 is 28.8 Å². The molecule has 2 amide bonds. The Labute approximate surface area is 149 Å². The summed E-state index contributed by atoms with van der Waals surface area (Å²) in [4.78, 5) is 59.5. The highest BCUT2D eigenvalue weighted by atomic mass is 32.1. The Morgan fingerprint density at radius 2 is 1.92 bits per heavy atom. The first-order valence-electron chi connectivity index (χ1n) is 7.26. The number of imide groups is 1. The predicted octanol–water partition coefficient (Wildman–Crippen LogP) is 1.68. The molecule has 26 heavy (non-hydrogen) atoms. The fraction of sp³-hybridized carbons (Fsp3) is 0.125. The molecule has 2 aromatic rings. The Bertz CT molecular complexity index is 936. The molecule has 0 unspecified atom stereocenters. The van der Waals surface area contributed by atoms with Crippen LogP contribution in [0.1, 0.15) is 30.4 Å². The van der Waals surface area contributed by atoms with E-state index in [0.29, 0.717) is 9.78 Å². The third-order valence-electron chi connectivity index (χ3n) is 3.62. The van der Waals surface area contributed by atoms with Gasteiger partial charge in [-0.1, -0.05) is 12.1 Å². The van der Waals surface area contributed by atoms with Gasteiger partial charge in [-0.3, -0.25) is 34.2 Å². The van der Waals surface area contributed by atoms with Crippen molar-refractivity contribution in [2.45, 2.75) is 0 Å². The van der Waals surface area contributed by atoms with Crippen molar-refractivity contribution in [1.82, 2.24) is 4.90 Å². The summed E-state index contributed by atoms with van der Waals surface area (Å²) in [5.74, 6) is -3.15. The Morgan fingerprint density at radius 3 is 2.58 bits per heavy atom. The second kappa shape index (κ2) is 6.84. The van der Waals surface area contributed by atoms with Crippen molar-refractivity contribution in [3.8, 4) is 0 Å². The van der Waals surface area contributed by atoms with E-state index in [2.05, 4.69) is 0 Å². The summed E-state index contributed by atoms with van der Waals surface area (Å²) in [6.07, 6.45) is 0. The number of amides is 2. The molecule has 2 heterocycles. The first kappa shape index (κ1) is 17.4. The van der Waals surface area contributed by atoms with Crippen LogP contribution in [0.2, 0.25) is 0 Å². The molecule has 1 aliphatic heterocycles. The molecule has 9 nitrogen and oxygen atoms in total. The SMILES string of the molecule is O=C(CN1C(=O)c2cccc([N+](=O)[O-])c2C1=O)OCC(=O)c1cccs1. The fourth-order valence-electron chi connectivity index (χ4n) is 2.44. The van der Waals surface area contributed by atoms with E-state index in [0.717, 1.165) is 6.07 Å². The molecule has 1 aromatic heterocycles. The molecule has 0 bridgehead atoms. The third kappa shape index (κ3) is 3.09. The van der Waals surface area contributed by atoms with E-state index < -0.39 is 47.3 Å². The number of Topliss-reactive ketones (excluding diaryl/α,β-unsaturated/α-hetero) is 1. The molecule has 0 atom stereocenters. The molecule has 0 spiro atoms. The van der Waals surface area contributed by atoms with E-state index in [1.807, 2.05) is 0 Å². The van der Waals surface area contributed by atoms with Gasteiger partial charge < -0.3 is 4.74 Å². The summed E-state index contributed by atoms with van der Waals surface area (Å²) in [6.45, 7) is -1.26. The molecule has 1 aromatic carbocycles. The number of nitro benzene ring substituents is 1. The average Bonchev–Trinajstić information content (AvgIpc) is 3.23. The van der Waals surface area contributed by atoms with Gasteiger partial charge in [-0.15, -0.1) is 11.3 Å². The number of rotatable bonds is 6. The molecule has 0 fully saturated rings. The van der Waals surface area contributed by atoms with E-state index in [1.165, 1.54) is 23.5 Å². The van der Waals surface area contributed by atoms with E-state index in [-0.39, 0.29) is 11.1 Å². The lowest BCUT2D eigenvalue weighted by atomic mass is 10.1. The summed E-state index contributed by atoms with van der Waals surface area (Å²) < 4.78 is 4.80. The highest BCUT2D eigenvalue weighted by Crippen LogP contribution is 2.30. The number of ketones is 1. The number of carbonyl (C=O) groups is 4. The number of fused-ring (bicyclic) bond motifs is 1. The lowest BCUT2D eigenvalue weighted by Crippen LogP contribution is -2.36. The number of hydrogen-bond donors (Lipinski definition) is 0. The maximum absolute atomic E-state index is 12.3. The monoisotopic (exact) mass is 374 g/mol. The molecule has 0 N–H and O–H groups in total. The van der Waals surface area contributed by atoms with Gasteiger partial charge in [-0.05, 0) is 17.5 Å². The summed E-state index contributed by atoms with van der Waals surface area (Å²) in [5, 5.41) is 12.7. The normalized spacial score (nSPS) is 12.8. The Kier molecular flexibility index (Phi) is 4.59. The lowest BCUT2D eigenvalue weighted by molar-refractivity contribution is -0.385. The maximum atomic E-state index is 12.3. The molecule has 1 aliphatic rings. The van der Waals surface area contributed by atoms with Crippen molar-refractivity contribution in [2.75, 3.05) is 13.2 Å². The van der Waals surface area contributed by atoms with Crippen LogP contribution in [0, 0.1) is 10.1 Å². The minimum absolute atomic E-state index is 0.147. The smallest absolute Gasteiger partial charge is 0.326 e. The summed E-state index contributed by atoms with van der Waals surface area (Å²) in [7, 11) is 0. The van der Waals surface area contributed by atoms with Crippen LogP contribution < -0.4 is 0 Å². The van der Waals surface area contributed by atoms with Crippen molar-refractivity contribution >= 4 is 40.6 Å². The van der Waals surface area contributed by atoms with Gasteiger partial charge in [0.2, 0.25) is 5.78 Å². The summed E-state index contributed by atoms with van der Waals surface area (Å²) in [5.41, 5.74) is -1.01. The van der Waals surface area contributed by atoms with Gasteiger partial charge in [0, 0.05) is 6.07 Å². The van der Waals surface area contributed by atoms with Crippen LogP contribution >= 0.6 is 11.3 Å². The maximum Gasteiger partial charge on any atom is 0.326 e. The van der Waals surface area contributed by atoms with Gasteiger partial charge in [0.25, 0.3) is 17.5 Å². The number of hydrogen-bond acceptors (Lipinski definition) is 8. The van der Waals surface area contributed by atoms with Crippen LogP contribution in [-0.2, 0) is 9.53 Å². The molecule has 10 heteroatoms. The molecule has 0 aliphatic carbocycles. The molecule has 0 saturated carbocycles. The molecular weight excluding hydrogens is 364 g/mol. The quantitative estimate of drug-likeness (QED) is 0.248. The standard InChI is InChI=1S/C16H10N2O7S/c19-11(12-5-2-6-26-12)8-25-13(20)7-17-15(21)9-3-1-4-10(18(23)24)14(9)16(17)22/h1-6H,7-8H2. The minimum Gasteiger partial charge on any atom is -0.456 e. The zero-order valence-electron chi connectivity index (χ0n) is 13.0. The highest BCUT2D eigenvalue weighted by Gasteiger charge is 2.41. The van der Waals surface area contributed by atoms with Gasteiger partial charge in [-0.25, -0.2) is 0 Å². The van der Waals surface area contributed by atoms with E-state index in [1.54, 1.807) is 17.5 Å². The minimum atomic E-state index is -0.966. The topological polar surface area (TPSA) is 124 Å². The molecular formula is C16H10N2O7S. The molecule has 132 valence electrons. The zero-order chi connectivity index (χ0) is 18.8. The van der Waals surface area contributed by atoms with Gasteiger partial charge in [-0.2, -0.15) is 0 Å². The number of carbonyl (C=O) groups excluding carboxylic acids is 4. The first-order valence-corrected chi connectivity index (χ1v) is 8.14. The van der Waals surface area contributed by atoms with Crippen LogP contribution in [0.15, 0.2) is 35.7 Å². The number of benzene rings is 1. The highest BCUT2D eigenvalue weighted by molar-refractivity contribution is 7.12. The van der Waals surface area contributed by atoms with Crippen molar-refractivity contribution in [3.63, 3.8) is 0 Å². The van der Waals surface area contributed by atoms with Crippen LogP contribution in [0.4, 0.5) is 5.69 Å². The fourth-order valence-corrected chi connectivity index (χ4v) is 3.09. The molecule has 3 rings (SSSR count). The average molecular weight is 374 g/mol. The van der Waals surface area contributed by atoms with Crippen LogP contribution in [-0.4, -0.2) is 46.5 Å². The van der Waals surface area contributed by atoms with E-state index in [4.69, 9.17) is 4.74 Å². The number of ether oxygens (including phenoxy) is 1. The van der Waals surface area contributed by atoms with Gasteiger partial charge in [0.05, 0.1) is 15.4 Å². The largest absolute Gasteiger partial charge is 0.456 e. The van der Waals surface area contributed by atoms with Gasteiger partial charge >= 0.3 is 5.97 Å². The Balaban J connectivity index is 1.69. The third-order valence-corrected chi connectivity index (χ3v) is 4.53. The van der Waals surface area contributed by atoms with Crippen LogP contribution in [0.5, 0.6) is 0 Å². The summed E-state index contributed by atoms with van der Waals surface area (Å²) >= 11 is 1.19. The van der Waals surface area contributed by atoms with Crippen molar-refractivity contribution in [1.29, 1.82) is 0 Å². The first-order chi connectivity index (χ1) is 12.4. The van der Waals surface area contributed by atoms with Crippen LogP contribution in [0.25, 0.3) is 0 Å². The van der Waals surface area contributed by atoms with Crippen molar-refractivity contribution in [3.05, 3.63) is 61.8 Å². The second-order valence-corrected chi connectivity index (χ2v) is 6.16. The number of nitro groups is 1. The van der Waals surface area contributed by atoms with E-state index >= 15 is 0 Å². The number of nitrogens with zero attached hydrogens (tertiary/aromatic N) is 2. The summed E-state index contributed by atoms with van der Waals surface area (Å²) in [6, 6.07) is 6.90. The Morgan fingerprint density at radius 1 is 1.15 bits per heavy atom. The molecule has 0 radical (unpaired) electrons. The predicted molar refractivity (Wildman–Crippen MR) is 88.1 cm³/mol. The lowest BCUT2D eigenvalue weighted by Gasteiger charge is -2.12. The van der Waals surface area contributed by atoms with Crippen molar-refractivity contribution in [2.24, 2.45) is 0 Å². The van der Waals surface area contributed by atoms with Gasteiger partial charge in [0.15, 0.2) is 6.61 Å². The zero-order valence-corrected chi connectivity index (χ0v) is 13.9. The van der Waals surface area contributed by atoms with Gasteiger partial charge in [0.1, 0.15) is 12.1 Å². The Hall–Kier alpha value is -3.40. The number of esters is 1. The number of thiophene rings is 1.